The minimum atomic E-state index is -0.960. The number of hydrogen-bond donors (Lipinski definition) is 1. The van der Waals surface area contributed by atoms with Crippen LogP contribution in [0.15, 0.2) is 48.7 Å². The summed E-state index contributed by atoms with van der Waals surface area (Å²) in [4.78, 5) is 24.7. The average molecular weight is 358 g/mol. The number of benzene rings is 2. The Morgan fingerprint density at radius 2 is 1.54 bits per heavy atom. The van der Waals surface area contributed by atoms with Gasteiger partial charge in [-0.25, -0.2) is 13.2 Å². The molecule has 3 rings (SSSR count). The highest BCUT2D eigenvalue weighted by atomic mass is 19.1. The lowest BCUT2D eigenvalue weighted by molar-refractivity contribution is 0.0982. The fraction of sp³-hybridized carbons (Fsp3) is 0.105. The van der Waals surface area contributed by atoms with E-state index in [0.717, 1.165) is 18.2 Å². The van der Waals surface area contributed by atoms with Crippen LogP contribution in [-0.4, -0.2) is 21.8 Å². The van der Waals surface area contributed by atoms with E-state index in [1.807, 2.05) is 0 Å². The van der Waals surface area contributed by atoms with Gasteiger partial charge in [-0.05, 0) is 29.8 Å². The molecule has 0 fully saturated rings. The van der Waals surface area contributed by atoms with Gasteiger partial charge in [0.1, 0.15) is 23.1 Å². The zero-order chi connectivity index (χ0) is 18.7. The van der Waals surface area contributed by atoms with E-state index >= 15 is 0 Å². The molecule has 3 aromatic rings. The SMILES string of the molecule is O=C(Cc1ccc(F)cc1)c1[nH]ncc1CC(=O)c1c(F)cccc1F. The summed E-state index contributed by atoms with van der Waals surface area (Å²) in [5.74, 6) is -3.50. The molecule has 132 valence electrons. The van der Waals surface area contributed by atoms with Crippen LogP contribution in [-0.2, 0) is 12.8 Å². The molecule has 26 heavy (non-hydrogen) atoms. The number of hydrogen-bond acceptors (Lipinski definition) is 3. The van der Waals surface area contributed by atoms with Crippen LogP contribution in [0.4, 0.5) is 13.2 Å². The molecule has 0 aliphatic heterocycles. The van der Waals surface area contributed by atoms with Gasteiger partial charge in [-0.15, -0.1) is 0 Å². The Morgan fingerprint density at radius 1 is 0.885 bits per heavy atom. The maximum atomic E-state index is 13.7. The lowest BCUT2D eigenvalue weighted by Gasteiger charge is -2.05. The molecule has 1 aromatic heterocycles. The van der Waals surface area contributed by atoms with E-state index in [2.05, 4.69) is 10.2 Å². The highest BCUT2D eigenvalue weighted by Gasteiger charge is 2.21. The number of nitrogens with one attached hydrogen (secondary N) is 1. The number of aromatic amines is 1. The van der Waals surface area contributed by atoms with Crippen molar-refractivity contribution in [1.29, 1.82) is 0 Å². The molecule has 4 nitrogen and oxygen atoms in total. The predicted octanol–water partition coefficient (Wildman–Crippen LogP) is 3.68. The number of carbonyl (C=O) groups is 2. The second-order valence-electron chi connectivity index (χ2n) is 5.69. The van der Waals surface area contributed by atoms with Crippen LogP contribution in [0.1, 0.15) is 32.0 Å². The number of aromatic nitrogens is 2. The molecule has 0 amide bonds. The van der Waals surface area contributed by atoms with Gasteiger partial charge >= 0.3 is 0 Å². The number of Topliss-reactive ketones (excluding diaryl/α,β-unsaturated/α-hetero) is 2. The number of halogens is 3. The van der Waals surface area contributed by atoms with Crippen molar-refractivity contribution < 1.29 is 22.8 Å². The number of nitrogens with zero attached hydrogens (tertiary/aromatic N) is 1. The molecule has 0 bridgehead atoms. The van der Waals surface area contributed by atoms with Crippen LogP contribution in [0.3, 0.4) is 0 Å². The van der Waals surface area contributed by atoms with Crippen LogP contribution in [0.25, 0.3) is 0 Å². The minimum absolute atomic E-state index is 0.0300. The van der Waals surface area contributed by atoms with Gasteiger partial charge in [0.15, 0.2) is 11.6 Å². The van der Waals surface area contributed by atoms with Crippen molar-refractivity contribution in [1.82, 2.24) is 10.2 Å². The fourth-order valence-corrected chi connectivity index (χ4v) is 2.59. The summed E-state index contributed by atoms with van der Waals surface area (Å²) in [6, 6.07) is 8.57. The first-order chi connectivity index (χ1) is 12.5. The molecule has 0 aliphatic carbocycles. The molecule has 0 saturated carbocycles. The second-order valence-corrected chi connectivity index (χ2v) is 5.69. The lowest BCUT2D eigenvalue weighted by Crippen LogP contribution is -2.12. The van der Waals surface area contributed by atoms with E-state index in [9.17, 15) is 22.8 Å². The average Bonchev–Trinajstić information content (AvgIpc) is 3.05. The first kappa shape index (κ1) is 17.6. The van der Waals surface area contributed by atoms with Crippen LogP contribution in [0.2, 0.25) is 0 Å². The first-order valence-electron chi connectivity index (χ1n) is 7.73. The van der Waals surface area contributed by atoms with E-state index in [1.165, 1.54) is 30.5 Å². The summed E-state index contributed by atoms with van der Waals surface area (Å²) < 4.78 is 40.4. The Hall–Kier alpha value is -3.22. The molecule has 0 radical (unpaired) electrons. The summed E-state index contributed by atoms with van der Waals surface area (Å²) in [5.41, 5.74) is 0.262. The monoisotopic (exact) mass is 358 g/mol. The molecule has 7 heteroatoms. The number of rotatable bonds is 6. The van der Waals surface area contributed by atoms with Crippen molar-refractivity contribution in [3.8, 4) is 0 Å². The second kappa shape index (κ2) is 7.35. The van der Waals surface area contributed by atoms with E-state index in [0.29, 0.717) is 5.56 Å². The quantitative estimate of drug-likeness (QED) is 0.684. The van der Waals surface area contributed by atoms with Gasteiger partial charge in [-0.3, -0.25) is 14.7 Å². The van der Waals surface area contributed by atoms with Crippen LogP contribution >= 0.6 is 0 Å². The van der Waals surface area contributed by atoms with Gasteiger partial charge < -0.3 is 0 Å². The zero-order valence-corrected chi connectivity index (χ0v) is 13.4. The summed E-state index contributed by atoms with van der Waals surface area (Å²) in [7, 11) is 0. The fourth-order valence-electron chi connectivity index (χ4n) is 2.59. The lowest BCUT2D eigenvalue weighted by atomic mass is 9.99. The third kappa shape index (κ3) is 3.72. The zero-order valence-electron chi connectivity index (χ0n) is 13.4. The van der Waals surface area contributed by atoms with Crippen LogP contribution < -0.4 is 0 Å². The molecule has 0 saturated heterocycles. The van der Waals surface area contributed by atoms with Gasteiger partial charge in [0.25, 0.3) is 0 Å². The molecule has 1 N–H and O–H groups in total. The smallest absolute Gasteiger partial charge is 0.185 e. The third-order valence-corrected chi connectivity index (χ3v) is 3.87. The first-order valence-corrected chi connectivity index (χ1v) is 7.73. The minimum Gasteiger partial charge on any atom is -0.294 e. The van der Waals surface area contributed by atoms with E-state index in [4.69, 9.17) is 0 Å². The summed E-state index contributed by atoms with van der Waals surface area (Å²) in [6.45, 7) is 0. The molecule has 0 atom stereocenters. The van der Waals surface area contributed by atoms with Crippen molar-refractivity contribution in [3.63, 3.8) is 0 Å². The number of ketones is 2. The normalized spacial score (nSPS) is 10.7. The molecular weight excluding hydrogens is 345 g/mol. The van der Waals surface area contributed by atoms with Crippen molar-refractivity contribution in [3.05, 3.63) is 88.5 Å². The summed E-state index contributed by atoms with van der Waals surface area (Å²) in [6.07, 6.45) is 0.866. The molecule has 1 heterocycles. The van der Waals surface area contributed by atoms with Gasteiger partial charge in [-0.2, -0.15) is 5.10 Å². The van der Waals surface area contributed by atoms with E-state index < -0.39 is 28.8 Å². The summed E-state index contributed by atoms with van der Waals surface area (Å²) in [5, 5.41) is 6.25. The molecule has 0 aliphatic rings. The molecule has 0 spiro atoms. The highest BCUT2D eigenvalue weighted by molar-refractivity contribution is 6.01. The molecule has 2 aromatic carbocycles. The maximum absolute atomic E-state index is 13.7. The number of carbonyl (C=O) groups excluding carboxylic acids is 2. The van der Waals surface area contributed by atoms with Crippen LogP contribution in [0, 0.1) is 17.5 Å². The van der Waals surface area contributed by atoms with Crippen molar-refractivity contribution in [2.75, 3.05) is 0 Å². The topological polar surface area (TPSA) is 62.8 Å². The van der Waals surface area contributed by atoms with Gasteiger partial charge in [0.2, 0.25) is 0 Å². The maximum Gasteiger partial charge on any atom is 0.185 e. The Balaban J connectivity index is 1.79. The largest absolute Gasteiger partial charge is 0.294 e. The Bertz CT molecular complexity index is 945. The Morgan fingerprint density at radius 3 is 2.19 bits per heavy atom. The van der Waals surface area contributed by atoms with Crippen molar-refractivity contribution >= 4 is 11.6 Å². The van der Waals surface area contributed by atoms with E-state index in [-0.39, 0.29) is 29.9 Å². The standard InChI is InChI=1S/C19H13F3N2O2/c20-13-6-4-11(5-7-13)8-17(26)19-12(10-23-24-19)9-16(25)18-14(21)2-1-3-15(18)22/h1-7,10H,8-9H2,(H,23,24). The predicted molar refractivity (Wildman–Crippen MR) is 87.4 cm³/mol. The van der Waals surface area contributed by atoms with Crippen LogP contribution in [0.5, 0.6) is 0 Å². The van der Waals surface area contributed by atoms with Crippen molar-refractivity contribution in [2.24, 2.45) is 0 Å². The molecular formula is C19H13F3N2O2. The van der Waals surface area contributed by atoms with Gasteiger partial charge in [-0.1, -0.05) is 18.2 Å². The van der Waals surface area contributed by atoms with E-state index in [1.54, 1.807) is 0 Å². The highest BCUT2D eigenvalue weighted by Crippen LogP contribution is 2.17. The Labute approximate surface area is 146 Å². The number of H-pyrrole nitrogens is 1. The Kier molecular flexibility index (Phi) is 4.97. The third-order valence-electron chi connectivity index (χ3n) is 3.87. The van der Waals surface area contributed by atoms with Gasteiger partial charge in [0, 0.05) is 18.4 Å². The van der Waals surface area contributed by atoms with Gasteiger partial charge in [0.05, 0.1) is 11.8 Å². The molecule has 0 unspecified atom stereocenters. The van der Waals surface area contributed by atoms with Crippen molar-refractivity contribution in [2.45, 2.75) is 12.8 Å². The summed E-state index contributed by atoms with van der Waals surface area (Å²) >= 11 is 0.